The lowest BCUT2D eigenvalue weighted by Gasteiger charge is -2.39. The molecule has 0 spiro atoms. The van der Waals surface area contributed by atoms with E-state index in [0.29, 0.717) is 38.1 Å². The summed E-state index contributed by atoms with van der Waals surface area (Å²) in [5.74, 6) is 1.45. The predicted molar refractivity (Wildman–Crippen MR) is 89.2 cm³/mol. The standard InChI is InChI=1S/C16H25N5O3/c1-13(15(22)20-9-11-24-12-10-20)19-5-7-21(8-6-19)16-17-4-3-14(18-16)23-2/h3-4,13H,5-12H2,1-2H3. The van der Waals surface area contributed by atoms with Crippen LogP contribution >= 0.6 is 0 Å². The average Bonchev–Trinajstić information content (AvgIpc) is 2.67. The molecule has 0 bridgehead atoms. The third kappa shape index (κ3) is 3.76. The van der Waals surface area contributed by atoms with Crippen molar-refractivity contribution < 1.29 is 14.3 Å². The number of amides is 1. The van der Waals surface area contributed by atoms with Crippen LogP contribution in [0.25, 0.3) is 0 Å². The van der Waals surface area contributed by atoms with Gasteiger partial charge in [0.15, 0.2) is 0 Å². The van der Waals surface area contributed by atoms with Crippen molar-refractivity contribution >= 4 is 11.9 Å². The van der Waals surface area contributed by atoms with E-state index in [1.54, 1.807) is 19.4 Å². The van der Waals surface area contributed by atoms with E-state index in [1.807, 2.05) is 11.8 Å². The van der Waals surface area contributed by atoms with Gasteiger partial charge in [-0.2, -0.15) is 4.98 Å². The van der Waals surface area contributed by atoms with Crippen LogP contribution in [0.3, 0.4) is 0 Å². The lowest BCUT2D eigenvalue weighted by atomic mass is 10.2. The van der Waals surface area contributed by atoms with Crippen molar-refractivity contribution in [1.82, 2.24) is 19.8 Å². The van der Waals surface area contributed by atoms with Gasteiger partial charge in [-0.1, -0.05) is 0 Å². The SMILES string of the molecule is COc1ccnc(N2CCN(C(C)C(=O)N3CCOCC3)CC2)n1. The Morgan fingerprint density at radius 2 is 1.92 bits per heavy atom. The number of carbonyl (C=O) groups excluding carboxylic acids is 1. The van der Waals surface area contributed by atoms with Gasteiger partial charge in [0.2, 0.25) is 17.7 Å². The number of nitrogens with zero attached hydrogens (tertiary/aromatic N) is 5. The fraction of sp³-hybridized carbons (Fsp3) is 0.688. The largest absolute Gasteiger partial charge is 0.481 e. The summed E-state index contributed by atoms with van der Waals surface area (Å²) < 4.78 is 10.5. The molecule has 1 amide bonds. The topological polar surface area (TPSA) is 71.0 Å². The van der Waals surface area contributed by atoms with E-state index in [1.165, 1.54) is 0 Å². The van der Waals surface area contributed by atoms with Gasteiger partial charge in [0, 0.05) is 51.5 Å². The number of morpholine rings is 1. The summed E-state index contributed by atoms with van der Waals surface area (Å²) in [6.45, 7) is 7.90. The summed E-state index contributed by atoms with van der Waals surface area (Å²) in [6, 6.07) is 1.64. The molecule has 0 aliphatic carbocycles. The second-order valence-electron chi connectivity index (χ2n) is 6.04. The smallest absolute Gasteiger partial charge is 0.239 e. The predicted octanol–water partition coefficient (Wildman–Crippen LogP) is -0.145. The van der Waals surface area contributed by atoms with Crippen LogP contribution in [0.4, 0.5) is 5.95 Å². The van der Waals surface area contributed by atoms with Crippen molar-refractivity contribution in [2.45, 2.75) is 13.0 Å². The highest BCUT2D eigenvalue weighted by Gasteiger charge is 2.30. The van der Waals surface area contributed by atoms with Crippen LogP contribution in [-0.4, -0.2) is 91.3 Å². The van der Waals surface area contributed by atoms with E-state index < -0.39 is 0 Å². The summed E-state index contributed by atoms with van der Waals surface area (Å²) in [5.41, 5.74) is 0. The number of rotatable bonds is 4. The summed E-state index contributed by atoms with van der Waals surface area (Å²) >= 11 is 0. The first kappa shape index (κ1) is 16.9. The fourth-order valence-electron chi connectivity index (χ4n) is 3.11. The van der Waals surface area contributed by atoms with E-state index in [4.69, 9.17) is 9.47 Å². The summed E-state index contributed by atoms with van der Waals surface area (Å²) in [5, 5.41) is 0. The molecule has 2 saturated heterocycles. The highest BCUT2D eigenvalue weighted by molar-refractivity contribution is 5.81. The zero-order chi connectivity index (χ0) is 16.9. The van der Waals surface area contributed by atoms with E-state index in [2.05, 4.69) is 19.8 Å². The molecule has 24 heavy (non-hydrogen) atoms. The molecule has 0 saturated carbocycles. The Kier molecular flexibility index (Phi) is 5.47. The molecule has 0 aromatic carbocycles. The van der Waals surface area contributed by atoms with Crippen LogP contribution in [0.15, 0.2) is 12.3 Å². The molecule has 1 unspecified atom stereocenters. The summed E-state index contributed by atoms with van der Waals surface area (Å²) in [7, 11) is 1.60. The molecule has 132 valence electrons. The number of piperazine rings is 1. The van der Waals surface area contributed by atoms with Gasteiger partial charge in [-0.3, -0.25) is 9.69 Å². The van der Waals surface area contributed by atoms with E-state index in [9.17, 15) is 4.79 Å². The van der Waals surface area contributed by atoms with Crippen molar-refractivity contribution in [3.8, 4) is 5.88 Å². The van der Waals surface area contributed by atoms with E-state index in [-0.39, 0.29) is 11.9 Å². The highest BCUT2D eigenvalue weighted by Crippen LogP contribution is 2.16. The van der Waals surface area contributed by atoms with E-state index in [0.717, 1.165) is 26.2 Å². The van der Waals surface area contributed by atoms with Gasteiger partial charge in [0.05, 0.1) is 26.4 Å². The first-order chi connectivity index (χ1) is 11.7. The average molecular weight is 335 g/mol. The van der Waals surface area contributed by atoms with Gasteiger partial charge in [0.25, 0.3) is 0 Å². The fourth-order valence-corrected chi connectivity index (χ4v) is 3.11. The van der Waals surface area contributed by atoms with Crippen LogP contribution < -0.4 is 9.64 Å². The van der Waals surface area contributed by atoms with Gasteiger partial charge in [-0.15, -0.1) is 0 Å². The number of hydrogen-bond acceptors (Lipinski definition) is 7. The molecule has 8 nitrogen and oxygen atoms in total. The monoisotopic (exact) mass is 335 g/mol. The van der Waals surface area contributed by atoms with Crippen LogP contribution in [0.1, 0.15) is 6.92 Å². The lowest BCUT2D eigenvalue weighted by Crippen LogP contribution is -2.56. The Hall–Kier alpha value is -1.93. The maximum absolute atomic E-state index is 12.6. The molecule has 8 heteroatoms. The number of hydrogen-bond donors (Lipinski definition) is 0. The van der Waals surface area contributed by atoms with Gasteiger partial charge >= 0.3 is 0 Å². The van der Waals surface area contributed by atoms with Gasteiger partial charge in [-0.25, -0.2) is 4.98 Å². The Morgan fingerprint density at radius 1 is 1.21 bits per heavy atom. The third-order valence-corrected chi connectivity index (χ3v) is 4.65. The molecule has 2 aliphatic rings. The molecule has 0 radical (unpaired) electrons. The molecule has 2 aliphatic heterocycles. The first-order valence-corrected chi connectivity index (χ1v) is 8.41. The summed E-state index contributed by atoms with van der Waals surface area (Å²) in [6.07, 6.45) is 1.71. The molecule has 1 aromatic heterocycles. The van der Waals surface area contributed by atoms with Gasteiger partial charge in [-0.05, 0) is 6.92 Å². The molecule has 2 fully saturated rings. The molecule has 3 rings (SSSR count). The van der Waals surface area contributed by atoms with Crippen molar-refractivity contribution in [1.29, 1.82) is 0 Å². The minimum Gasteiger partial charge on any atom is -0.481 e. The zero-order valence-electron chi connectivity index (χ0n) is 14.3. The Labute approximate surface area is 142 Å². The van der Waals surface area contributed by atoms with Crippen molar-refractivity contribution in [2.75, 3.05) is 64.5 Å². The first-order valence-electron chi connectivity index (χ1n) is 8.41. The molecular formula is C16H25N5O3. The Balaban J connectivity index is 1.55. The molecule has 1 atom stereocenters. The third-order valence-electron chi connectivity index (χ3n) is 4.65. The van der Waals surface area contributed by atoms with Crippen LogP contribution in [0.2, 0.25) is 0 Å². The van der Waals surface area contributed by atoms with Gasteiger partial charge < -0.3 is 19.3 Å². The second kappa shape index (κ2) is 7.76. The number of ether oxygens (including phenoxy) is 2. The minimum atomic E-state index is -0.100. The number of anilines is 1. The van der Waals surface area contributed by atoms with Crippen molar-refractivity contribution in [2.24, 2.45) is 0 Å². The zero-order valence-corrected chi connectivity index (χ0v) is 14.3. The number of carbonyl (C=O) groups is 1. The van der Waals surface area contributed by atoms with Crippen molar-refractivity contribution in [3.63, 3.8) is 0 Å². The highest BCUT2D eigenvalue weighted by atomic mass is 16.5. The quantitative estimate of drug-likeness (QED) is 0.758. The lowest BCUT2D eigenvalue weighted by molar-refractivity contribution is -0.140. The minimum absolute atomic E-state index is 0.100. The molecular weight excluding hydrogens is 310 g/mol. The maximum Gasteiger partial charge on any atom is 0.239 e. The summed E-state index contributed by atoms with van der Waals surface area (Å²) in [4.78, 5) is 27.6. The Bertz CT molecular complexity index is 556. The number of methoxy groups -OCH3 is 1. The van der Waals surface area contributed by atoms with Gasteiger partial charge in [0.1, 0.15) is 0 Å². The second-order valence-corrected chi connectivity index (χ2v) is 6.04. The van der Waals surface area contributed by atoms with Crippen molar-refractivity contribution in [3.05, 3.63) is 12.3 Å². The molecule has 0 N–H and O–H groups in total. The van der Waals surface area contributed by atoms with Crippen LogP contribution in [0, 0.1) is 0 Å². The molecule has 3 heterocycles. The molecule has 1 aromatic rings. The van der Waals surface area contributed by atoms with Crippen LogP contribution in [0.5, 0.6) is 5.88 Å². The number of aromatic nitrogens is 2. The maximum atomic E-state index is 12.6. The van der Waals surface area contributed by atoms with E-state index >= 15 is 0 Å². The van der Waals surface area contributed by atoms with Crippen LogP contribution in [-0.2, 0) is 9.53 Å². The Morgan fingerprint density at radius 3 is 2.58 bits per heavy atom. The normalized spacial score (nSPS) is 20.8.